The number of nitrogens with one attached hydrogen (secondary N) is 1. The Kier molecular flexibility index (Phi) is 2.89. The molecule has 110 valence electrons. The van der Waals surface area contributed by atoms with E-state index in [0.717, 1.165) is 17.7 Å². The van der Waals surface area contributed by atoms with E-state index in [0.29, 0.717) is 0 Å². The summed E-state index contributed by atoms with van der Waals surface area (Å²) in [5.41, 5.74) is 1.89. The Labute approximate surface area is 131 Å². The van der Waals surface area contributed by atoms with Crippen molar-refractivity contribution in [3.63, 3.8) is 0 Å². The van der Waals surface area contributed by atoms with Crippen LogP contribution in [-0.4, -0.2) is 22.8 Å². The number of benzene rings is 1. The van der Waals surface area contributed by atoms with E-state index in [9.17, 15) is 9.59 Å². The molecule has 1 saturated heterocycles. The van der Waals surface area contributed by atoms with Gasteiger partial charge in [0, 0.05) is 11.6 Å². The van der Waals surface area contributed by atoms with Crippen molar-refractivity contribution in [1.82, 2.24) is 0 Å². The molecule has 2 saturated carbocycles. The highest BCUT2D eigenvalue weighted by molar-refractivity contribution is 9.09. The summed E-state index contributed by atoms with van der Waals surface area (Å²) in [5, 5.41) is 2.97. The first-order valence-corrected chi connectivity index (χ1v) is 8.20. The first-order chi connectivity index (χ1) is 10.1. The fourth-order valence-electron chi connectivity index (χ4n) is 4.28. The zero-order valence-corrected chi connectivity index (χ0v) is 13.2. The summed E-state index contributed by atoms with van der Waals surface area (Å²) in [5.74, 6) is -0.371. The second kappa shape index (κ2) is 4.57. The van der Waals surface area contributed by atoms with Gasteiger partial charge in [-0.15, -0.1) is 0 Å². The third-order valence-corrected chi connectivity index (χ3v) is 6.31. The lowest BCUT2D eigenvalue weighted by molar-refractivity contribution is -0.145. The second-order valence-corrected chi connectivity index (χ2v) is 7.38. The summed E-state index contributed by atoms with van der Waals surface area (Å²) >= 11 is 3.62. The number of fused-ring (bicyclic) bond motifs is 1. The third kappa shape index (κ3) is 1.86. The first-order valence-electron chi connectivity index (χ1n) is 7.28. The number of carbonyl (C=O) groups excluding carboxylic acids is 2. The van der Waals surface area contributed by atoms with Gasteiger partial charge in [-0.2, -0.15) is 0 Å². The van der Waals surface area contributed by atoms with Crippen molar-refractivity contribution < 1.29 is 14.3 Å². The van der Waals surface area contributed by atoms with E-state index in [1.165, 1.54) is 0 Å². The number of ether oxygens (including phenoxy) is 1. The van der Waals surface area contributed by atoms with Crippen LogP contribution < -0.4 is 5.32 Å². The molecular formula is C16H16BrNO3. The zero-order chi connectivity index (χ0) is 14.7. The van der Waals surface area contributed by atoms with Gasteiger partial charge in [-0.3, -0.25) is 9.59 Å². The predicted molar refractivity (Wildman–Crippen MR) is 81.0 cm³/mol. The van der Waals surface area contributed by atoms with E-state index in [1.54, 1.807) is 0 Å². The molecule has 1 amide bonds. The van der Waals surface area contributed by atoms with Crippen LogP contribution in [0.2, 0.25) is 0 Å². The summed E-state index contributed by atoms with van der Waals surface area (Å²) in [6, 6.07) is 7.71. The van der Waals surface area contributed by atoms with E-state index in [1.807, 2.05) is 31.2 Å². The molecule has 1 aliphatic heterocycles. The second-order valence-electron chi connectivity index (χ2n) is 6.32. The number of esters is 1. The molecule has 1 N–H and O–H groups in total. The minimum atomic E-state index is -0.272. The van der Waals surface area contributed by atoms with E-state index >= 15 is 0 Å². The summed E-state index contributed by atoms with van der Waals surface area (Å²) in [4.78, 5) is 24.8. The smallest absolute Gasteiger partial charge is 0.310 e. The maximum Gasteiger partial charge on any atom is 0.310 e. The van der Waals surface area contributed by atoms with Crippen LogP contribution in [0.4, 0.5) is 5.69 Å². The fraction of sp³-hybridized carbons (Fsp3) is 0.500. The normalized spacial score (nSPS) is 39.4. The molecule has 6 atom stereocenters. The van der Waals surface area contributed by atoms with Crippen LogP contribution in [0.1, 0.15) is 12.0 Å². The third-order valence-electron chi connectivity index (χ3n) is 5.11. The van der Waals surface area contributed by atoms with Crippen LogP contribution in [0.5, 0.6) is 0 Å². The van der Waals surface area contributed by atoms with Crippen molar-refractivity contribution in [3.8, 4) is 0 Å². The number of amides is 1. The monoisotopic (exact) mass is 349 g/mol. The van der Waals surface area contributed by atoms with E-state index in [4.69, 9.17) is 4.74 Å². The summed E-state index contributed by atoms with van der Waals surface area (Å²) < 4.78 is 5.44. The summed E-state index contributed by atoms with van der Waals surface area (Å²) in [7, 11) is 0. The van der Waals surface area contributed by atoms with Crippen molar-refractivity contribution in [2.75, 3.05) is 5.32 Å². The molecule has 2 bridgehead atoms. The van der Waals surface area contributed by atoms with Gasteiger partial charge in [-0.1, -0.05) is 28.1 Å². The number of anilines is 1. The Morgan fingerprint density at radius 2 is 2.19 bits per heavy atom. The number of hydrogen-bond donors (Lipinski definition) is 1. The van der Waals surface area contributed by atoms with Crippen LogP contribution >= 0.6 is 15.9 Å². The van der Waals surface area contributed by atoms with Crippen molar-refractivity contribution in [3.05, 3.63) is 29.8 Å². The van der Waals surface area contributed by atoms with E-state index in [2.05, 4.69) is 21.2 Å². The highest BCUT2D eigenvalue weighted by atomic mass is 79.9. The molecule has 0 radical (unpaired) electrons. The quantitative estimate of drug-likeness (QED) is 0.659. The molecule has 1 aromatic carbocycles. The van der Waals surface area contributed by atoms with Crippen LogP contribution in [0.15, 0.2) is 24.3 Å². The number of carbonyl (C=O) groups is 2. The lowest BCUT2D eigenvalue weighted by Gasteiger charge is -2.27. The first kappa shape index (κ1) is 13.3. The minimum Gasteiger partial charge on any atom is -0.461 e. The SMILES string of the molecule is Cc1cccc(NC(=O)[C@@H]2[C@H]3C[C@H]4[C@H](OC(=O)[C@H]42)[C@H]3Br)c1. The molecule has 0 spiro atoms. The van der Waals surface area contributed by atoms with Gasteiger partial charge in [0.1, 0.15) is 6.10 Å². The summed E-state index contributed by atoms with van der Waals surface area (Å²) in [6.07, 6.45) is 0.874. The Morgan fingerprint density at radius 3 is 2.95 bits per heavy atom. The van der Waals surface area contributed by atoms with Crippen LogP contribution in [0.25, 0.3) is 0 Å². The Bertz CT molecular complexity index is 632. The lowest BCUT2D eigenvalue weighted by Crippen LogP contribution is -2.40. The summed E-state index contributed by atoms with van der Waals surface area (Å²) in [6.45, 7) is 1.99. The number of rotatable bonds is 2. The molecule has 1 heterocycles. The number of halogens is 1. The Balaban J connectivity index is 1.59. The highest BCUT2D eigenvalue weighted by Crippen LogP contribution is 2.60. The van der Waals surface area contributed by atoms with Crippen LogP contribution in [-0.2, 0) is 14.3 Å². The number of alkyl halides is 1. The van der Waals surface area contributed by atoms with Crippen molar-refractivity contribution in [2.24, 2.45) is 23.7 Å². The molecule has 21 heavy (non-hydrogen) atoms. The molecule has 4 rings (SSSR count). The number of aryl methyl sites for hydroxylation is 1. The minimum absolute atomic E-state index is 0.0319. The molecule has 2 aliphatic carbocycles. The standard InChI is InChI=1S/C16H16BrNO3/c1-7-3-2-4-8(5-7)18-15(19)11-9-6-10-12(11)16(20)21-14(10)13(9)17/h2-5,9-14H,6H2,1H3,(H,18,19)/t9-,10-,11-,12-,13+,14+/m1/s1. The van der Waals surface area contributed by atoms with E-state index < -0.39 is 0 Å². The Morgan fingerprint density at radius 1 is 1.38 bits per heavy atom. The molecule has 4 nitrogen and oxygen atoms in total. The predicted octanol–water partition coefficient (Wildman–Crippen LogP) is 2.50. The molecule has 0 unspecified atom stereocenters. The van der Waals surface area contributed by atoms with Gasteiger partial charge in [0.05, 0.1) is 16.7 Å². The van der Waals surface area contributed by atoms with Crippen molar-refractivity contribution >= 4 is 33.5 Å². The van der Waals surface area contributed by atoms with Gasteiger partial charge >= 0.3 is 5.97 Å². The lowest BCUT2D eigenvalue weighted by atomic mass is 9.79. The average Bonchev–Trinajstić information content (AvgIpc) is 3.02. The van der Waals surface area contributed by atoms with Crippen LogP contribution in [0.3, 0.4) is 0 Å². The van der Waals surface area contributed by atoms with Gasteiger partial charge in [0.2, 0.25) is 5.91 Å². The topological polar surface area (TPSA) is 55.4 Å². The molecule has 3 fully saturated rings. The van der Waals surface area contributed by atoms with Crippen LogP contribution in [0, 0.1) is 30.6 Å². The molecule has 0 aromatic heterocycles. The van der Waals surface area contributed by atoms with Gasteiger partial charge in [-0.25, -0.2) is 0 Å². The molecule has 1 aromatic rings. The molecule has 5 heteroatoms. The van der Waals surface area contributed by atoms with Gasteiger partial charge in [0.15, 0.2) is 0 Å². The van der Waals surface area contributed by atoms with Gasteiger partial charge in [0.25, 0.3) is 0 Å². The molecule has 3 aliphatic rings. The van der Waals surface area contributed by atoms with Gasteiger partial charge in [-0.05, 0) is 37.0 Å². The zero-order valence-electron chi connectivity index (χ0n) is 11.6. The van der Waals surface area contributed by atoms with Crippen molar-refractivity contribution in [1.29, 1.82) is 0 Å². The highest BCUT2D eigenvalue weighted by Gasteiger charge is 2.67. The Hall–Kier alpha value is -1.36. The largest absolute Gasteiger partial charge is 0.461 e. The van der Waals surface area contributed by atoms with Gasteiger partial charge < -0.3 is 10.1 Å². The van der Waals surface area contributed by atoms with Crippen molar-refractivity contribution in [2.45, 2.75) is 24.3 Å². The maximum absolute atomic E-state index is 12.7. The van der Waals surface area contributed by atoms with E-state index in [-0.39, 0.29) is 46.5 Å². The fourth-order valence-corrected chi connectivity index (χ4v) is 5.32. The maximum atomic E-state index is 12.7. The molecular weight excluding hydrogens is 334 g/mol. The number of hydrogen-bond acceptors (Lipinski definition) is 3. The average molecular weight is 350 g/mol.